The van der Waals surface area contributed by atoms with E-state index in [1.807, 2.05) is 0 Å². The van der Waals surface area contributed by atoms with Crippen LogP contribution in [0.15, 0.2) is 8.96 Å². The van der Waals surface area contributed by atoms with Crippen molar-refractivity contribution < 1.29 is 10.2 Å². The van der Waals surface area contributed by atoms with Crippen LogP contribution in [-0.2, 0) is 0 Å². The number of halogens is 2. The summed E-state index contributed by atoms with van der Waals surface area (Å²) in [7, 11) is 0. The monoisotopic (exact) mass is 300 g/mol. The van der Waals surface area contributed by atoms with Crippen molar-refractivity contribution in [2.24, 2.45) is 0 Å². The molecule has 0 aromatic heterocycles. The first-order valence-electron chi connectivity index (χ1n) is 3.58. The van der Waals surface area contributed by atoms with Crippen LogP contribution < -0.4 is 0 Å². The van der Waals surface area contributed by atoms with Gasteiger partial charge in [-0.05, 0) is 27.7 Å². The highest BCUT2D eigenvalue weighted by Gasteiger charge is 2.27. The van der Waals surface area contributed by atoms with E-state index in [1.54, 1.807) is 27.7 Å². The van der Waals surface area contributed by atoms with Gasteiger partial charge in [0.1, 0.15) is 0 Å². The van der Waals surface area contributed by atoms with Gasteiger partial charge in [-0.25, -0.2) is 0 Å². The summed E-state index contributed by atoms with van der Waals surface area (Å²) in [6, 6.07) is 0. The molecule has 0 bridgehead atoms. The van der Waals surface area contributed by atoms with Crippen molar-refractivity contribution in [3.63, 3.8) is 0 Å². The molecule has 0 saturated heterocycles. The Morgan fingerprint density at radius 1 is 0.833 bits per heavy atom. The number of rotatable bonds is 2. The van der Waals surface area contributed by atoms with Gasteiger partial charge in [0, 0.05) is 8.96 Å². The zero-order valence-corrected chi connectivity index (χ0v) is 10.8. The van der Waals surface area contributed by atoms with Gasteiger partial charge in [0.2, 0.25) is 0 Å². The van der Waals surface area contributed by atoms with Crippen LogP contribution in [0, 0.1) is 0 Å². The van der Waals surface area contributed by atoms with E-state index in [9.17, 15) is 10.2 Å². The average molecular weight is 302 g/mol. The molecule has 0 aliphatic rings. The summed E-state index contributed by atoms with van der Waals surface area (Å²) in [5, 5.41) is 19.1. The Bertz CT molecular complexity index is 174. The highest BCUT2D eigenvalue weighted by molar-refractivity contribution is 9.14. The van der Waals surface area contributed by atoms with Gasteiger partial charge in [0.15, 0.2) is 0 Å². The average Bonchev–Trinajstić information content (AvgIpc) is 1.80. The third kappa shape index (κ3) is 3.56. The van der Waals surface area contributed by atoms with E-state index in [0.29, 0.717) is 8.96 Å². The van der Waals surface area contributed by atoms with Gasteiger partial charge in [-0.3, -0.25) is 0 Å². The summed E-state index contributed by atoms with van der Waals surface area (Å²) >= 11 is 6.44. The molecular formula is C8H14Br2O2. The maximum Gasteiger partial charge on any atom is 0.0913 e. The van der Waals surface area contributed by atoms with E-state index in [1.165, 1.54) is 0 Å². The first-order chi connectivity index (χ1) is 5.07. The molecule has 4 heteroatoms. The van der Waals surface area contributed by atoms with Crippen LogP contribution in [-0.4, -0.2) is 21.4 Å². The van der Waals surface area contributed by atoms with Crippen LogP contribution in [0.25, 0.3) is 0 Å². The molecule has 0 rings (SSSR count). The summed E-state index contributed by atoms with van der Waals surface area (Å²) in [5.74, 6) is 0. The van der Waals surface area contributed by atoms with Gasteiger partial charge in [-0.15, -0.1) is 0 Å². The van der Waals surface area contributed by atoms with Crippen LogP contribution >= 0.6 is 31.9 Å². The van der Waals surface area contributed by atoms with E-state index < -0.39 is 11.2 Å². The van der Waals surface area contributed by atoms with Crippen LogP contribution in [0.5, 0.6) is 0 Å². The van der Waals surface area contributed by atoms with Crippen LogP contribution in [0.3, 0.4) is 0 Å². The van der Waals surface area contributed by atoms with Crippen LogP contribution in [0.1, 0.15) is 27.7 Å². The van der Waals surface area contributed by atoms with E-state index in [4.69, 9.17) is 0 Å². The summed E-state index contributed by atoms with van der Waals surface area (Å²) < 4.78 is 1.12. The second-order valence-electron chi connectivity index (χ2n) is 3.75. The Morgan fingerprint density at radius 3 is 1.08 bits per heavy atom. The third-order valence-electron chi connectivity index (χ3n) is 1.27. The minimum atomic E-state index is -0.973. The zero-order chi connectivity index (χ0) is 10.2. The molecule has 0 unspecified atom stereocenters. The topological polar surface area (TPSA) is 40.5 Å². The van der Waals surface area contributed by atoms with Crippen LogP contribution in [0.4, 0.5) is 0 Å². The fourth-order valence-electron chi connectivity index (χ4n) is 0.537. The Kier molecular flexibility index (Phi) is 3.98. The van der Waals surface area contributed by atoms with Crippen molar-refractivity contribution >= 4 is 31.9 Å². The maximum absolute atomic E-state index is 9.57. The maximum atomic E-state index is 9.57. The van der Waals surface area contributed by atoms with Gasteiger partial charge >= 0.3 is 0 Å². The van der Waals surface area contributed by atoms with Gasteiger partial charge in [0.25, 0.3) is 0 Å². The third-order valence-corrected chi connectivity index (χ3v) is 4.53. The number of aliphatic hydroxyl groups is 2. The van der Waals surface area contributed by atoms with E-state index >= 15 is 0 Å². The molecule has 0 radical (unpaired) electrons. The fourth-order valence-corrected chi connectivity index (χ4v) is 1.51. The van der Waals surface area contributed by atoms with E-state index in [-0.39, 0.29) is 0 Å². The summed E-state index contributed by atoms with van der Waals surface area (Å²) in [5.41, 5.74) is -1.95. The molecule has 2 N–H and O–H groups in total. The molecule has 72 valence electrons. The minimum absolute atomic E-state index is 0.558. The molecule has 0 amide bonds. The molecule has 0 fully saturated rings. The molecular weight excluding hydrogens is 288 g/mol. The first kappa shape index (κ1) is 12.6. The highest BCUT2D eigenvalue weighted by Crippen LogP contribution is 2.34. The molecule has 0 aliphatic heterocycles. The predicted octanol–water partition coefficient (Wildman–Crippen LogP) is 2.53. The molecule has 2 nitrogen and oxygen atoms in total. The molecule has 0 aromatic rings. The smallest absolute Gasteiger partial charge is 0.0913 e. The SMILES string of the molecule is CC(C)(O)/C(Br)=C(\Br)C(C)(C)O. The second-order valence-corrected chi connectivity index (χ2v) is 5.33. The first-order valence-corrected chi connectivity index (χ1v) is 5.16. The van der Waals surface area contributed by atoms with Gasteiger partial charge in [-0.1, -0.05) is 31.9 Å². The second kappa shape index (κ2) is 3.78. The molecule has 0 aliphatic carbocycles. The van der Waals surface area contributed by atoms with Crippen molar-refractivity contribution in [3.8, 4) is 0 Å². The van der Waals surface area contributed by atoms with Crippen molar-refractivity contribution in [1.82, 2.24) is 0 Å². The Hall–Kier alpha value is 0.620. The van der Waals surface area contributed by atoms with Crippen LogP contribution in [0.2, 0.25) is 0 Å². The normalized spacial score (nSPS) is 16.0. The lowest BCUT2D eigenvalue weighted by atomic mass is 10.0. The largest absolute Gasteiger partial charge is 0.385 e. The minimum Gasteiger partial charge on any atom is -0.385 e. The molecule has 0 atom stereocenters. The molecule has 0 spiro atoms. The fraction of sp³-hybridized carbons (Fsp3) is 0.750. The molecule has 0 heterocycles. The Balaban J connectivity index is 4.96. The summed E-state index contributed by atoms with van der Waals surface area (Å²) in [4.78, 5) is 0. The van der Waals surface area contributed by atoms with Crippen molar-refractivity contribution in [1.29, 1.82) is 0 Å². The lowest BCUT2D eigenvalue weighted by Crippen LogP contribution is -2.26. The molecule has 0 saturated carbocycles. The van der Waals surface area contributed by atoms with Crippen molar-refractivity contribution in [2.45, 2.75) is 38.9 Å². The zero-order valence-electron chi connectivity index (χ0n) is 7.65. The number of hydrogen-bond acceptors (Lipinski definition) is 2. The molecule has 12 heavy (non-hydrogen) atoms. The van der Waals surface area contributed by atoms with Crippen molar-refractivity contribution in [2.75, 3.05) is 0 Å². The lowest BCUT2D eigenvalue weighted by Gasteiger charge is -2.24. The van der Waals surface area contributed by atoms with Crippen molar-refractivity contribution in [3.05, 3.63) is 8.96 Å². The Morgan fingerprint density at radius 2 is 1.00 bits per heavy atom. The quantitative estimate of drug-likeness (QED) is 0.823. The number of hydrogen-bond donors (Lipinski definition) is 2. The van der Waals surface area contributed by atoms with E-state index in [0.717, 1.165) is 0 Å². The van der Waals surface area contributed by atoms with E-state index in [2.05, 4.69) is 31.9 Å². The highest BCUT2D eigenvalue weighted by atomic mass is 79.9. The van der Waals surface area contributed by atoms with Gasteiger partial charge in [-0.2, -0.15) is 0 Å². The molecule has 0 aromatic carbocycles. The van der Waals surface area contributed by atoms with Gasteiger partial charge < -0.3 is 10.2 Å². The standard InChI is InChI=1S/C8H14Br2O2/c1-7(2,11)5(9)6(10)8(3,4)12/h11-12H,1-4H3/b6-5+. The predicted molar refractivity (Wildman–Crippen MR) is 57.5 cm³/mol. The lowest BCUT2D eigenvalue weighted by molar-refractivity contribution is 0.110. The summed E-state index contributed by atoms with van der Waals surface area (Å²) in [6.07, 6.45) is 0. The Labute approximate surface area is 89.9 Å². The van der Waals surface area contributed by atoms with Gasteiger partial charge in [0.05, 0.1) is 11.2 Å². The summed E-state index contributed by atoms with van der Waals surface area (Å²) in [6.45, 7) is 6.57.